The van der Waals surface area contributed by atoms with E-state index in [1.807, 2.05) is 25.1 Å². The van der Waals surface area contributed by atoms with Crippen molar-refractivity contribution < 1.29 is 8.42 Å². The van der Waals surface area contributed by atoms with Crippen LogP contribution in [0.15, 0.2) is 24.3 Å². The quantitative estimate of drug-likeness (QED) is 0.834. The van der Waals surface area contributed by atoms with Crippen molar-refractivity contribution in [3.8, 4) is 0 Å². The van der Waals surface area contributed by atoms with Crippen molar-refractivity contribution in [2.24, 2.45) is 0 Å². The molecule has 5 nitrogen and oxygen atoms in total. The smallest absolute Gasteiger partial charge is 0.304 e. The molecule has 0 saturated carbocycles. The van der Waals surface area contributed by atoms with Gasteiger partial charge in [0.2, 0.25) is 0 Å². The number of fused-ring (bicyclic) bond motifs is 3. The molecular formula is C17H25N3O2S. The fourth-order valence-electron chi connectivity index (χ4n) is 4.31. The van der Waals surface area contributed by atoms with Gasteiger partial charge < -0.3 is 4.90 Å². The number of rotatable bonds is 2. The van der Waals surface area contributed by atoms with Crippen molar-refractivity contribution in [2.75, 3.05) is 28.8 Å². The van der Waals surface area contributed by atoms with Crippen molar-refractivity contribution in [1.29, 1.82) is 0 Å². The van der Waals surface area contributed by atoms with Crippen LogP contribution in [0.3, 0.4) is 0 Å². The molecule has 0 bridgehead atoms. The fourth-order valence-corrected chi connectivity index (χ4v) is 6.25. The lowest BCUT2D eigenvalue weighted by Gasteiger charge is -2.44. The molecule has 0 aromatic heterocycles. The molecule has 0 radical (unpaired) electrons. The van der Waals surface area contributed by atoms with Gasteiger partial charge in [0.15, 0.2) is 0 Å². The maximum absolute atomic E-state index is 13.3. The van der Waals surface area contributed by atoms with Crippen LogP contribution in [0.25, 0.3) is 0 Å². The number of hydrogen-bond acceptors (Lipinski definition) is 3. The lowest BCUT2D eigenvalue weighted by molar-refractivity contribution is 0.267. The molecule has 6 heteroatoms. The van der Waals surface area contributed by atoms with Gasteiger partial charge in [-0.2, -0.15) is 12.7 Å². The Balaban J connectivity index is 1.75. The van der Waals surface area contributed by atoms with Crippen molar-refractivity contribution >= 4 is 21.6 Å². The van der Waals surface area contributed by atoms with Crippen LogP contribution in [0.5, 0.6) is 0 Å². The molecule has 0 spiro atoms. The summed E-state index contributed by atoms with van der Waals surface area (Å²) >= 11 is 0. The lowest BCUT2D eigenvalue weighted by atomic mass is 10.1. The number of hydrogen-bond donors (Lipinski definition) is 0. The molecule has 4 rings (SSSR count). The molecule has 3 aliphatic heterocycles. The zero-order valence-corrected chi connectivity index (χ0v) is 14.5. The van der Waals surface area contributed by atoms with Gasteiger partial charge in [0.05, 0.1) is 17.9 Å². The Bertz CT molecular complexity index is 691. The standard InChI is InChI=1S/C17H25N3O2S/c1-14-7-4-5-12-19(14)23(21,22)20-13-15-8-6-11-18(15)16-9-2-3-10-17(16)20/h2-3,9-10,14-15H,4-8,11-13H2,1H3. The van der Waals surface area contributed by atoms with Gasteiger partial charge >= 0.3 is 10.2 Å². The molecule has 3 heterocycles. The highest BCUT2D eigenvalue weighted by atomic mass is 32.2. The van der Waals surface area contributed by atoms with E-state index >= 15 is 0 Å². The summed E-state index contributed by atoms with van der Waals surface area (Å²) in [5.74, 6) is 0. The first kappa shape index (κ1) is 15.3. The molecule has 2 saturated heterocycles. The maximum atomic E-state index is 13.3. The maximum Gasteiger partial charge on any atom is 0.304 e. The third-order valence-corrected chi connectivity index (χ3v) is 7.57. The van der Waals surface area contributed by atoms with Gasteiger partial charge in [-0.3, -0.25) is 4.31 Å². The van der Waals surface area contributed by atoms with Gasteiger partial charge in [-0.15, -0.1) is 0 Å². The van der Waals surface area contributed by atoms with Crippen LogP contribution >= 0.6 is 0 Å². The first-order valence-electron chi connectivity index (χ1n) is 8.74. The minimum Gasteiger partial charge on any atom is -0.365 e. The summed E-state index contributed by atoms with van der Waals surface area (Å²) in [7, 11) is -3.45. The Labute approximate surface area is 139 Å². The van der Waals surface area contributed by atoms with Crippen LogP contribution in [0.1, 0.15) is 39.0 Å². The van der Waals surface area contributed by atoms with Crippen LogP contribution < -0.4 is 9.21 Å². The predicted octanol–water partition coefficient (Wildman–Crippen LogP) is 2.59. The first-order valence-corrected chi connectivity index (χ1v) is 10.1. The van der Waals surface area contributed by atoms with Crippen molar-refractivity contribution in [2.45, 2.75) is 51.1 Å². The highest BCUT2D eigenvalue weighted by molar-refractivity contribution is 7.90. The molecule has 0 N–H and O–H groups in total. The molecule has 2 unspecified atom stereocenters. The van der Waals surface area contributed by atoms with E-state index in [-0.39, 0.29) is 6.04 Å². The number of nitrogens with zero attached hydrogens (tertiary/aromatic N) is 3. The summed E-state index contributed by atoms with van der Waals surface area (Å²) in [5, 5.41) is 0. The highest BCUT2D eigenvalue weighted by Gasteiger charge is 2.42. The van der Waals surface area contributed by atoms with Gasteiger partial charge in [-0.05, 0) is 44.7 Å². The van der Waals surface area contributed by atoms with Crippen LogP contribution in [0.4, 0.5) is 11.4 Å². The third-order valence-electron chi connectivity index (χ3n) is 5.53. The Hall–Kier alpha value is -1.27. The van der Waals surface area contributed by atoms with Crippen molar-refractivity contribution in [1.82, 2.24) is 4.31 Å². The van der Waals surface area contributed by atoms with E-state index in [9.17, 15) is 8.42 Å². The molecule has 0 amide bonds. The van der Waals surface area contributed by atoms with Crippen LogP contribution in [0, 0.1) is 0 Å². The van der Waals surface area contributed by atoms with Crippen LogP contribution in [-0.4, -0.2) is 44.4 Å². The zero-order chi connectivity index (χ0) is 16.0. The first-order chi connectivity index (χ1) is 11.1. The Morgan fingerprint density at radius 3 is 2.57 bits per heavy atom. The highest BCUT2D eigenvalue weighted by Crippen LogP contribution is 2.41. The van der Waals surface area contributed by atoms with E-state index in [2.05, 4.69) is 11.0 Å². The Morgan fingerprint density at radius 2 is 1.78 bits per heavy atom. The van der Waals surface area contributed by atoms with Gasteiger partial charge in [-0.1, -0.05) is 18.6 Å². The van der Waals surface area contributed by atoms with Gasteiger partial charge in [0.1, 0.15) is 0 Å². The third kappa shape index (κ3) is 2.43. The molecule has 3 aliphatic rings. The van der Waals surface area contributed by atoms with Crippen molar-refractivity contribution in [3.05, 3.63) is 24.3 Å². The zero-order valence-electron chi connectivity index (χ0n) is 13.7. The number of para-hydroxylation sites is 2. The molecule has 2 fully saturated rings. The molecule has 2 atom stereocenters. The summed E-state index contributed by atoms with van der Waals surface area (Å²) < 4.78 is 30.1. The van der Waals surface area contributed by atoms with Gasteiger partial charge in [0, 0.05) is 25.2 Å². The Kier molecular flexibility index (Phi) is 3.76. The molecule has 126 valence electrons. The second-order valence-corrected chi connectivity index (χ2v) is 8.78. The summed E-state index contributed by atoms with van der Waals surface area (Å²) in [5.41, 5.74) is 1.93. The fraction of sp³-hybridized carbons (Fsp3) is 0.647. The minimum atomic E-state index is -3.45. The normalized spacial score (nSPS) is 28.6. The average molecular weight is 335 g/mol. The van der Waals surface area contributed by atoms with E-state index in [0.29, 0.717) is 19.1 Å². The van der Waals surface area contributed by atoms with Gasteiger partial charge in [0.25, 0.3) is 0 Å². The summed E-state index contributed by atoms with van der Waals surface area (Å²) in [6, 6.07) is 8.39. The molecule has 1 aromatic rings. The monoisotopic (exact) mass is 335 g/mol. The average Bonchev–Trinajstić information content (AvgIpc) is 3.03. The summed E-state index contributed by atoms with van der Waals surface area (Å²) in [6.07, 6.45) is 5.28. The molecule has 1 aromatic carbocycles. The Morgan fingerprint density at radius 1 is 1.00 bits per heavy atom. The molecule has 0 aliphatic carbocycles. The molecule has 23 heavy (non-hydrogen) atoms. The SMILES string of the molecule is CC1CCCCN1S(=O)(=O)N1CC2CCCN2c2ccccc21. The topological polar surface area (TPSA) is 43.9 Å². The second kappa shape index (κ2) is 5.67. The van der Waals surface area contributed by atoms with Gasteiger partial charge in [-0.25, -0.2) is 0 Å². The van der Waals surface area contributed by atoms with E-state index in [4.69, 9.17) is 0 Å². The van der Waals surface area contributed by atoms with E-state index < -0.39 is 10.2 Å². The van der Waals surface area contributed by atoms with E-state index in [1.165, 1.54) is 0 Å². The van der Waals surface area contributed by atoms with Crippen molar-refractivity contribution in [3.63, 3.8) is 0 Å². The summed E-state index contributed by atoms with van der Waals surface area (Å²) in [4.78, 5) is 2.39. The lowest BCUT2D eigenvalue weighted by Crippen LogP contribution is -2.55. The predicted molar refractivity (Wildman–Crippen MR) is 93.1 cm³/mol. The van der Waals surface area contributed by atoms with E-state index in [0.717, 1.165) is 50.0 Å². The second-order valence-electron chi connectivity index (χ2n) is 6.97. The largest absolute Gasteiger partial charge is 0.365 e. The number of piperidine rings is 1. The van der Waals surface area contributed by atoms with E-state index in [1.54, 1.807) is 8.61 Å². The number of benzene rings is 1. The van der Waals surface area contributed by atoms with Crippen LogP contribution in [-0.2, 0) is 10.2 Å². The van der Waals surface area contributed by atoms with Crippen LogP contribution in [0.2, 0.25) is 0 Å². The summed E-state index contributed by atoms with van der Waals surface area (Å²) in [6.45, 7) is 4.31. The minimum absolute atomic E-state index is 0.0996. The molecular weight excluding hydrogens is 310 g/mol. The number of anilines is 2.